The third kappa shape index (κ3) is 3.90. The Bertz CT molecular complexity index is 798. The lowest BCUT2D eigenvalue weighted by Gasteiger charge is -2.25. The van der Waals surface area contributed by atoms with Gasteiger partial charge in [-0.2, -0.15) is 18.4 Å². The second-order valence-electron chi connectivity index (χ2n) is 6.17. The fourth-order valence-corrected chi connectivity index (χ4v) is 3.13. The molecule has 7 heteroatoms. The molecule has 3 nitrogen and oxygen atoms in total. The molecule has 1 heterocycles. The van der Waals surface area contributed by atoms with Gasteiger partial charge in [-0.05, 0) is 42.8 Å². The van der Waals surface area contributed by atoms with Gasteiger partial charge in [-0.3, -0.25) is 0 Å². The summed E-state index contributed by atoms with van der Waals surface area (Å²) in [4.78, 5) is 1.61. The molecule has 136 valence electrons. The first-order valence-electron chi connectivity index (χ1n) is 8.11. The van der Waals surface area contributed by atoms with Gasteiger partial charge in [0.05, 0.1) is 18.4 Å². The second kappa shape index (κ2) is 7.24. The Morgan fingerprint density at radius 2 is 1.81 bits per heavy atom. The van der Waals surface area contributed by atoms with Crippen molar-refractivity contribution in [2.24, 2.45) is 5.92 Å². The van der Waals surface area contributed by atoms with Crippen molar-refractivity contribution < 1.29 is 22.3 Å². The molecule has 2 aromatic rings. The Morgan fingerprint density at radius 3 is 2.42 bits per heavy atom. The van der Waals surface area contributed by atoms with E-state index in [1.807, 2.05) is 6.07 Å². The van der Waals surface area contributed by atoms with E-state index in [-0.39, 0.29) is 25.1 Å². The summed E-state index contributed by atoms with van der Waals surface area (Å²) >= 11 is 0. The number of ether oxygens (including phenoxy) is 1. The van der Waals surface area contributed by atoms with Crippen LogP contribution in [0.2, 0.25) is 0 Å². The Morgan fingerprint density at radius 1 is 1.12 bits per heavy atom. The summed E-state index contributed by atoms with van der Waals surface area (Å²) in [6, 6.07) is 13.8. The molecule has 1 aliphatic heterocycles. The van der Waals surface area contributed by atoms with E-state index in [2.05, 4.69) is 0 Å². The van der Waals surface area contributed by atoms with Crippen molar-refractivity contribution in [1.82, 2.24) is 0 Å². The maximum Gasteiger partial charge on any atom is 0.393 e. The van der Waals surface area contributed by atoms with Crippen LogP contribution in [0.3, 0.4) is 0 Å². The standard InChI is InChI=1S/C19H16F4N2O/c20-17-3-1-2-4-18(17)26-16-7-5-14(6-8-16)25-12-13(19(21,22)23)11-15(25)9-10-24/h1-8,13,15H,9,11-12H2. The molecule has 1 saturated heterocycles. The third-order valence-corrected chi connectivity index (χ3v) is 4.44. The number of halogens is 4. The molecule has 1 fully saturated rings. The van der Waals surface area contributed by atoms with Crippen molar-refractivity contribution in [3.63, 3.8) is 0 Å². The van der Waals surface area contributed by atoms with Crippen molar-refractivity contribution >= 4 is 5.69 Å². The Balaban J connectivity index is 1.76. The molecule has 0 amide bonds. The molecule has 0 radical (unpaired) electrons. The number of nitriles is 1. The topological polar surface area (TPSA) is 36.3 Å². The minimum absolute atomic E-state index is 0.0278. The van der Waals surface area contributed by atoms with E-state index >= 15 is 0 Å². The Labute approximate surface area is 148 Å². The van der Waals surface area contributed by atoms with Gasteiger partial charge in [-0.25, -0.2) is 4.39 Å². The average molecular weight is 364 g/mol. The number of anilines is 1. The number of alkyl halides is 3. The zero-order chi connectivity index (χ0) is 18.7. The number of para-hydroxylation sites is 1. The highest BCUT2D eigenvalue weighted by Crippen LogP contribution is 2.40. The molecule has 1 aliphatic rings. The molecule has 2 unspecified atom stereocenters. The fourth-order valence-electron chi connectivity index (χ4n) is 3.13. The zero-order valence-corrected chi connectivity index (χ0v) is 13.7. The third-order valence-electron chi connectivity index (χ3n) is 4.44. The molecular formula is C19H16F4N2O. The number of rotatable bonds is 4. The first-order chi connectivity index (χ1) is 12.4. The quantitative estimate of drug-likeness (QED) is 0.692. The van der Waals surface area contributed by atoms with Crippen LogP contribution in [0.1, 0.15) is 12.8 Å². The first-order valence-corrected chi connectivity index (χ1v) is 8.11. The van der Waals surface area contributed by atoms with Crippen LogP contribution in [-0.4, -0.2) is 18.8 Å². The van der Waals surface area contributed by atoms with E-state index in [1.54, 1.807) is 41.3 Å². The van der Waals surface area contributed by atoms with Crippen molar-refractivity contribution in [1.29, 1.82) is 5.26 Å². The van der Waals surface area contributed by atoms with Gasteiger partial charge in [0.15, 0.2) is 11.6 Å². The van der Waals surface area contributed by atoms with E-state index < -0.39 is 24.0 Å². The molecule has 3 rings (SSSR count). The SMILES string of the molecule is N#CCC1CC(C(F)(F)F)CN1c1ccc(Oc2ccccc2F)cc1. The highest BCUT2D eigenvalue weighted by Gasteiger charge is 2.47. The van der Waals surface area contributed by atoms with Crippen LogP contribution < -0.4 is 9.64 Å². The molecule has 2 aromatic carbocycles. The normalized spacial score (nSPS) is 20.0. The molecule has 0 aliphatic carbocycles. The van der Waals surface area contributed by atoms with Crippen LogP contribution >= 0.6 is 0 Å². The van der Waals surface area contributed by atoms with Crippen LogP contribution in [0, 0.1) is 23.1 Å². The maximum absolute atomic E-state index is 13.6. The van der Waals surface area contributed by atoms with E-state index in [1.165, 1.54) is 12.1 Å². The van der Waals surface area contributed by atoms with Gasteiger partial charge in [0.2, 0.25) is 0 Å². The number of hydrogen-bond acceptors (Lipinski definition) is 3. The summed E-state index contributed by atoms with van der Waals surface area (Å²) in [6.45, 7) is -0.177. The number of nitrogens with zero attached hydrogens (tertiary/aromatic N) is 2. The lowest BCUT2D eigenvalue weighted by molar-refractivity contribution is -0.168. The zero-order valence-electron chi connectivity index (χ0n) is 13.7. The van der Waals surface area contributed by atoms with Gasteiger partial charge in [0.25, 0.3) is 0 Å². The summed E-state index contributed by atoms with van der Waals surface area (Å²) in [7, 11) is 0. The predicted octanol–water partition coefficient (Wildman–Crippen LogP) is 5.29. The van der Waals surface area contributed by atoms with Gasteiger partial charge in [-0.15, -0.1) is 0 Å². The maximum atomic E-state index is 13.6. The fraction of sp³-hybridized carbons (Fsp3) is 0.316. The molecule has 2 atom stereocenters. The lowest BCUT2D eigenvalue weighted by atomic mass is 10.0. The summed E-state index contributed by atoms with van der Waals surface area (Å²) < 4.78 is 58.2. The van der Waals surface area contributed by atoms with E-state index in [0.29, 0.717) is 11.4 Å². The monoisotopic (exact) mass is 364 g/mol. The molecule has 0 saturated carbocycles. The predicted molar refractivity (Wildman–Crippen MR) is 88.4 cm³/mol. The van der Waals surface area contributed by atoms with Crippen LogP contribution in [0.25, 0.3) is 0 Å². The average Bonchev–Trinajstić information content (AvgIpc) is 3.02. The molecule has 0 N–H and O–H groups in total. The van der Waals surface area contributed by atoms with Crippen molar-refractivity contribution in [3.05, 3.63) is 54.3 Å². The van der Waals surface area contributed by atoms with E-state index in [4.69, 9.17) is 10.00 Å². The second-order valence-corrected chi connectivity index (χ2v) is 6.17. The van der Waals surface area contributed by atoms with Gasteiger partial charge >= 0.3 is 6.18 Å². The summed E-state index contributed by atoms with van der Waals surface area (Å²) in [5, 5.41) is 8.90. The Hall–Kier alpha value is -2.75. The van der Waals surface area contributed by atoms with Gasteiger partial charge in [0.1, 0.15) is 5.75 Å². The van der Waals surface area contributed by atoms with Crippen molar-refractivity contribution in [2.75, 3.05) is 11.4 Å². The van der Waals surface area contributed by atoms with E-state index in [0.717, 1.165) is 0 Å². The van der Waals surface area contributed by atoms with Crippen molar-refractivity contribution in [2.45, 2.75) is 25.1 Å². The smallest absolute Gasteiger partial charge is 0.393 e. The summed E-state index contributed by atoms with van der Waals surface area (Å²) in [6.07, 6.45) is -4.35. The highest BCUT2D eigenvalue weighted by atomic mass is 19.4. The molecule has 0 spiro atoms. The molecule has 26 heavy (non-hydrogen) atoms. The van der Waals surface area contributed by atoms with Crippen LogP contribution in [0.15, 0.2) is 48.5 Å². The molecule has 0 aromatic heterocycles. The van der Waals surface area contributed by atoms with Crippen LogP contribution in [0.4, 0.5) is 23.2 Å². The Kier molecular flexibility index (Phi) is 5.03. The summed E-state index contributed by atoms with van der Waals surface area (Å²) in [5.41, 5.74) is 0.581. The van der Waals surface area contributed by atoms with Crippen LogP contribution in [0.5, 0.6) is 11.5 Å². The number of benzene rings is 2. The molecule has 0 bridgehead atoms. The lowest BCUT2D eigenvalue weighted by Crippen LogP contribution is -2.30. The van der Waals surface area contributed by atoms with Gasteiger partial charge < -0.3 is 9.64 Å². The van der Waals surface area contributed by atoms with E-state index in [9.17, 15) is 17.6 Å². The highest BCUT2D eigenvalue weighted by molar-refractivity contribution is 5.52. The minimum atomic E-state index is -4.28. The number of hydrogen-bond donors (Lipinski definition) is 0. The molecular weight excluding hydrogens is 348 g/mol. The minimum Gasteiger partial charge on any atom is -0.454 e. The largest absolute Gasteiger partial charge is 0.454 e. The van der Waals surface area contributed by atoms with Crippen molar-refractivity contribution in [3.8, 4) is 17.6 Å². The van der Waals surface area contributed by atoms with Gasteiger partial charge in [0, 0.05) is 18.3 Å². The summed E-state index contributed by atoms with van der Waals surface area (Å²) in [5.74, 6) is -1.50. The van der Waals surface area contributed by atoms with Crippen LogP contribution in [-0.2, 0) is 0 Å². The van der Waals surface area contributed by atoms with Gasteiger partial charge in [-0.1, -0.05) is 12.1 Å². The first kappa shape index (κ1) is 18.1.